The van der Waals surface area contributed by atoms with Crippen molar-refractivity contribution in [2.24, 2.45) is 0 Å². The summed E-state index contributed by atoms with van der Waals surface area (Å²) in [5.74, 6) is -1.86. The third kappa shape index (κ3) is 3.68. The highest BCUT2D eigenvalue weighted by Gasteiger charge is 2.20. The first-order chi connectivity index (χ1) is 7.20. The second kappa shape index (κ2) is 4.98. The zero-order valence-corrected chi connectivity index (χ0v) is 11.3. The summed E-state index contributed by atoms with van der Waals surface area (Å²) in [6, 6.07) is 1.81. The average Bonchev–Trinajstić information content (AvgIpc) is 2.08. The maximum Gasteiger partial charge on any atom is 0.149 e. The molecule has 0 aliphatic heterocycles. The number of hydrogen-bond acceptors (Lipinski definition) is 2. The van der Waals surface area contributed by atoms with Crippen molar-refractivity contribution in [3.05, 3.63) is 33.8 Å². The van der Waals surface area contributed by atoms with E-state index in [2.05, 4.69) is 15.9 Å². The van der Waals surface area contributed by atoms with Crippen LogP contribution in [-0.2, 0) is 9.84 Å². The number of hydrogen-bond donors (Lipinski definition) is 0. The molecule has 0 amide bonds. The van der Waals surface area contributed by atoms with E-state index in [1.807, 2.05) is 0 Å². The van der Waals surface area contributed by atoms with Gasteiger partial charge in [-0.3, -0.25) is 0 Å². The van der Waals surface area contributed by atoms with Gasteiger partial charge in [-0.1, -0.05) is 0 Å². The molecule has 90 valence electrons. The summed E-state index contributed by atoms with van der Waals surface area (Å²) in [5, 5.41) is -1.10. The van der Waals surface area contributed by atoms with Gasteiger partial charge in [0.2, 0.25) is 0 Å². The van der Waals surface area contributed by atoms with Crippen LogP contribution in [0.2, 0.25) is 0 Å². The zero-order valence-electron chi connectivity index (χ0n) is 8.18. The van der Waals surface area contributed by atoms with Gasteiger partial charge < -0.3 is 0 Å². The van der Waals surface area contributed by atoms with Gasteiger partial charge in [-0.2, -0.15) is 0 Å². The fourth-order valence-corrected chi connectivity index (χ4v) is 3.01. The molecular formula is C9H8BrClF2O2S. The van der Waals surface area contributed by atoms with Gasteiger partial charge in [0.05, 0.1) is 15.6 Å². The Kier molecular flexibility index (Phi) is 4.31. The van der Waals surface area contributed by atoms with E-state index in [0.717, 1.165) is 18.4 Å². The summed E-state index contributed by atoms with van der Waals surface area (Å²) in [6.07, 6.45) is 0.982. The fraction of sp³-hybridized carbons (Fsp3) is 0.333. The van der Waals surface area contributed by atoms with E-state index < -0.39 is 32.6 Å². The molecule has 0 spiro atoms. The van der Waals surface area contributed by atoms with E-state index in [4.69, 9.17) is 11.6 Å². The van der Waals surface area contributed by atoms with Gasteiger partial charge in [0, 0.05) is 11.8 Å². The summed E-state index contributed by atoms with van der Waals surface area (Å²) in [4.78, 5) is 0. The van der Waals surface area contributed by atoms with E-state index in [9.17, 15) is 17.2 Å². The van der Waals surface area contributed by atoms with Crippen LogP contribution in [0.1, 0.15) is 10.9 Å². The summed E-state index contributed by atoms with van der Waals surface area (Å²) >= 11 is 8.53. The highest BCUT2D eigenvalue weighted by Crippen LogP contribution is 2.28. The lowest BCUT2D eigenvalue weighted by molar-refractivity contribution is 0.576. The van der Waals surface area contributed by atoms with Crippen LogP contribution in [-0.4, -0.2) is 20.4 Å². The smallest absolute Gasteiger partial charge is 0.149 e. The number of benzene rings is 1. The van der Waals surface area contributed by atoms with Crippen molar-refractivity contribution in [3.63, 3.8) is 0 Å². The van der Waals surface area contributed by atoms with Crippen LogP contribution in [0.15, 0.2) is 16.6 Å². The van der Waals surface area contributed by atoms with Crippen molar-refractivity contribution in [2.75, 3.05) is 12.0 Å². The molecular weight excluding hydrogens is 326 g/mol. The number of rotatable bonds is 3. The highest BCUT2D eigenvalue weighted by molar-refractivity contribution is 9.10. The molecule has 2 nitrogen and oxygen atoms in total. The van der Waals surface area contributed by atoms with E-state index in [-0.39, 0.29) is 10.0 Å². The van der Waals surface area contributed by atoms with E-state index >= 15 is 0 Å². The van der Waals surface area contributed by atoms with E-state index in [1.54, 1.807) is 0 Å². The minimum Gasteiger partial charge on any atom is -0.229 e. The maximum absolute atomic E-state index is 13.4. The molecule has 1 atom stereocenters. The van der Waals surface area contributed by atoms with Crippen molar-refractivity contribution in [1.29, 1.82) is 0 Å². The molecule has 1 rings (SSSR count). The van der Waals surface area contributed by atoms with Crippen molar-refractivity contribution in [3.8, 4) is 0 Å². The minimum atomic E-state index is -3.34. The summed E-state index contributed by atoms with van der Waals surface area (Å²) in [5.41, 5.74) is -0.159. The lowest BCUT2D eigenvalue weighted by Gasteiger charge is -2.10. The quantitative estimate of drug-likeness (QED) is 0.629. The predicted octanol–water partition coefficient (Wildman–Crippen LogP) is 3.05. The third-order valence-corrected chi connectivity index (χ3v) is 3.95. The average molecular weight is 334 g/mol. The molecule has 0 N–H and O–H groups in total. The lowest BCUT2D eigenvalue weighted by atomic mass is 10.1. The molecule has 16 heavy (non-hydrogen) atoms. The Morgan fingerprint density at radius 3 is 2.44 bits per heavy atom. The zero-order chi connectivity index (χ0) is 12.5. The maximum atomic E-state index is 13.4. The normalized spacial score (nSPS) is 13.8. The van der Waals surface area contributed by atoms with Crippen LogP contribution >= 0.6 is 27.5 Å². The minimum absolute atomic E-state index is 0.0306. The first-order valence-electron chi connectivity index (χ1n) is 4.17. The van der Waals surface area contributed by atoms with Gasteiger partial charge in [-0.05, 0) is 28.1 Å². The van der Waals surface area contributed by atoms with Crippen molar-refractivity contribution < 1.29 is 17.2 Å². The van der Waals surface area contributed by atoms with Crippen molar-refractivity contribution >= 4 is 37.4 Å². The Morgan fingerprint density at radius 2 is 1.94 bits per heavy atom. The SMILES string of the molecule is CS(=O)(=O)CC(Cl)c1cc(F)c(Br)cc1F. The molecule has 0 saturated carbocycles. The molecule has 0 aromatic heterocycles. The Labute approximate surface area is 106 Å². The molecule has 0 aliphatic carbocycles. The van der Waals surface area contributed by atoms with Gasteiger partial charge in [0.25, 0.3) is 0 Å². The first kappa shape index (κ1) is 13.9. The van der Waals surface area contributed by atoms with Crippen LogP contribution in [0.4, 0.5) is 8.78 Å². The molecule has 0 saturated heterocycles. The molecule has 0 radical (unpaired) electrons. The van der Waals surface area contributed by atoms with Gasteiger partial charge in [-0.25, -0.2) is 17.2 Å². The Balaban J connectivity index is 3.09. The van der Waals surface area contributed by atoms with Crippen LogP contribution < -0.4 is 0 Å². The molecule has 0 heterocycles. The lowest BCUT2D eigenvalue weighted by Crippen LogP contribution is -2.10. The highest BCUT2D eigenvalue weighted by atomic mass is 79.9. The van der Waals surface area contributed by atoms with Crippen molar-refractivity contribution in [1.82, 2.24) is 0 Å². The van der Waals surface area contributed by atoms with Crippen LogP contribution in [0.25, 0.3) is 0 Å². The summed E-state index contributed by atoms with van der Waals surface area (Å²) in [6.45, 7) is 0. The second-order valence-electron chi connectivity index (χ2n) is 3.35. The van der Waals surface area contributed by atoms with Crippen molar-refractivity contribution in [2.45, 2.75) is 5.38 Å². The molecule has 0 bridgehead atoms. The predicted molar refractivity (Wildman–Crippen MR) is 62.4 cm³/mol. The Morgan fingerprint density at radius 1 is 1.38 bits per heavy atom. The molecule has 1 aromatic rings. The third-order valence-electron chi connectivity index (χ3n) is 1.83. The largest absolute Gasteiger partial charge is 0.229 e. The number of alkyl halides is 1. The fourth-order valence-electron chi connectivity index (χ4n) is 1.13. The summed E-state index contributed by atoms with van der Waals surface area (Å²) in [7, 11) is -3.34. The molecule has 1 unspecified atom stereocenters. The van der Waals surface area contributed by atoms with E-state index in [0.29, 0.717) is 0 Å². The topological polar surface area (TPSA) is 34.1 Å². The molecule has 1 aromatic carbocycles. The monoisotopic (exact) mass is 332 g/mol. The van der Waals surface area contributed by atoms with Gasteiger partial charge in [0.15, 0.2) is 0 Å². The van der Waals surface area contributed by atoms with Gasteiger partial charge in [0.1, 0.15) is 21.5 Å². The Hall–Kier alpha value is -0.200. The van der Waals surface area contributed by atoms with Crippen LogP contribution in [0.3, 0.4) is 0 Å². The van der Waals surface area contributed by atoms with Gasteiger partial charge in [-0.15, -0.1) is 11.6 Å². The molecule has 0 fully saturated rings. The number of halogens is 4. The van der Waals surface area contributed by atoms with E-state index in [1.165, 1.54) is 0 Å². The van der Waals surface area contributed by atoms with Crippen LogP contribution in [0.5, 0.6) is 0 Å². The molecule has 0 aliphatic rings. The standard InChI is InChI=1S/C9H8BrClF2O2S/c1-16(14,15)4-7(11)5-2-9(13)6(10)3-8(5)12/h2-3,7H,4H2,1H3. The second-order valence-corrected chi connectivity index (χ2v) is 6.91. The van der Waals surface area contributed by atoms with Crippen LogP contribution in [0, 0.1) is 11.6 Å². The number of sulfone groups is 1. The Bertz CT molecular complexity index is 504. The first-order valence-corrected chi connectivity index (χ1v) is 7.46. The molecule has 7 heteroatoms. The van der Waals surface area contributed by atoms with Gasteiger partial charge >= 0.3 is 0 Å². The summed E-state index contributed by atoms with van der Waals surface area (Å²) < 4.78 is 48.4.